The summed E-state index contributed by atoms with van der Waals surface area (Å²) in [7, 11) is 0. The van der Waals surface area contributed by atoms with Gasteiger partial charge in [-0.3, -0.25) is 4.40 Å². The highest BCUT2D eigenvalue weighted by Crippen LogP contribution is 2.30. The Morgan fingerprint density at radius 3 is 3.00 bits per heavy atom. The molecule has 3 rings (SSSR count). The van der Waals surface area contributed by atoms with Crippen LogP contribution in [0.1, 0.15) is 0 Å². The van der Waals surface area contributed by atoms with E-state index in [0.717, 1.165) is 14.9 Å². The van der Waals surface area contributed by atoms with Crippen molar-refractivity contribution in [2.45, 2.75) is 0 Å². The molecule has 0 saturated carbocycles. The molecule has 0 bridgehead atoms. The molecule has 0 atom stereocenters. The Morgan fingerprint density at radius 1 is 1.33 bits per heavy atom. The summed E-state index contributed by atoms with van der Waals surface area (Å²) < 4.78 is 2.66. The second-order valence-electron chi connectivity index (χ2n) is 3.06. The molecule has 3 aromatic heterocycles. The van der Waals surface area contributed by atoms with Gasteiger partial charge in [-0.25, -0.2) is 9.97 Å². The van der Waals surface area contributed by atoms with Gasteiger partial charge in [0.2, 0.25) is 5.78 Å². The van der Waals surface area contributed by atoms with Crippen LogP contribution in [0.25, 0.3) is 16.3 Å². The Morgan fingerprint density at radius 2 is 2.27 bits per heavy atom. The van der Waals surface area contributed by atoms with Crippen molar-refractivity contribution in [3.63, 3.8) is 0 Å². The Balaban J connectivity index is 2.19. The number of nitrogens with zero attached hydrogens (tertiary/aromatic N) is 3. The van der Waals surface area contributed by atoms with Gasteiger partial charge < -0.3 is 0 Å². The fourth-order valence-corrected chi connectivity index (χ4v) is 2.40. The van der Waals surface area contributed by atoms with Gasteiger partial charge in [-0.15, -0.1) is 11.3 Å². The van der Waals surface area contributed by atoms with Gasteiger partial charge in [-0.05, 0) is 18.2 Å². The van der Waals surface area contributed by atoms with Crippen molar-refractivity contribution in [2.24, 2.45) is 0 Å². The summed E-state index contributed by atoms with van der Waals surface area (Å²) in [5.74, 6) is 0.706. The van der Waals surface area contributed by atoms with Gasteiger partial charge >= 0.3 is 0 Å². The molecule has 0 aliphatic rings. The summed E-state index contributed by atoms with van der Waals surface area (Å²) in [6.07, 6.45) is 5.60. The molecule has 0 radical (unpaired) electrons. The number of halogens is 1. The van der Waals surface area contributed by atoms with E-state index in [-0.39, 0.29) is 0 Å². The molecule has 74 valence electrons. The molecule has 5 heteroatoms. The molecule has 0 amide bonds. The molecular formula is C10H6ClN3S. The highest BCUT2D eigenvalue weighted by Gasteiger charge is 2.06. The minimum atomic E-state index is 0.706. The molecular weight excluding hydrogens is 230 g/mol. The summed E-state index contributed by atoms with van der Waals surface area (Å²) in [6, 6.07) is 5.72. The largest absolute Gasteiger partial charge is 0.290 e. The lowest BCUT2D eigenvalue weighted by Gasteiger charge is -1.85. The number of rotatable bonds is 1. The van der Waals surface area contributed by atoms with Crippen LogP contribution in [0.4, 0.5) is 0 Å². The standard InChI is InChI=1S/C10H6ClN3S/c11-9-3-2-8(15-9)7-6-14-5-1-4-12-10(14)13-7/h1-6H. The van der Waals surface area contributed by atoms with Crippen LogP contribution in [0.15, 0.2) is 36.8 Å². The molecule has 15 heavy (non-hydrogen) atoms. The summed E-state index contributed by atoms with van der Waals surface area (Å²) in [4.78, 5) is 9.62. The predicted molar refractivity (Wildman–Crippen MR) is 61.3 cm³/mol. The van der Waals surface area contributed by atoms with Gasteiger partial charge in [-0.1, -0.05) is 11.6 Å². The summed E-state index contributed by atoms with van der Waals surface area (Å²) in [6.45, 7) is 0. The van der Waals surface area contributed by atoms with Gasteiger partial charge in [0.1, 0.15) is 5.69 Å². The first-order chi connectivity index (χ1) is 7.33. The van der Waals surface area contributed by atoms with Crippen molar-refractivity contribution < 1.29 is 0 Å². The zero-order chi connectivity index (χ0) is 10.3. The van der Waals surface area contributed by atoms with Gasteiger partial charge in [0, 0.05) is 18.6 Å². The normalized spacial score (nSPS) is 11.0. The van der Waals surface area contributed by atoms with E-state index in [4.69, 9.17) is 11.6 Å². The Kier molecular flexibility index (Phi) is 1.97. The summed E-state index contributed by atoms with van der Waals surface area (Å²) in [5.41, 5.74) is 0.908. The second-order valence-corrected chi connectivity index (χ2v) is 4.77. The van der Waals surface area contributed by atoms with E-state index in [1.165, 1.54) is 11.3 Å². The van der Waals surface area contributed by atoms with Crippen molar-refractivity contribution in [1.29, 1.82) is 0 Å². The maximum atomic E-state index is 5.88. The van der Waals surface area contributed by atoms with Crippen LogP contribution in [0.5, 0.6) is 0 Å². The van der Waals surface area contributed by atoms with Crippen molar-refractivity contribution in [3.05, 3.63) is 41.1 Å². The van der Waals surface area contributed by atoms with Crippen LogP contribution in [-0.4, -0.2) is 14.4 Å². The van der Waals surface area contributed by atoms with E-state index in [1.54, 1.807) is 6.20 Å². The fourth-order valence-electron chi connectivity index (χ4n) is 1.40. The first kappa shape index (κ1) is 8.88. The lowest BCUT2D eigenvalue weighted by molar-refractivity contribution is 1.11. The molecule has 0 N–H and O–H groups in total. The number of fused-ring (bicyclic) bond motifs is 1. The molecule has 3 nitrogen and oxygen atoms in total. The smallest absolute Gasteiger partial charge is 0.234 e. The van der Waals surface area contributed by atoms with Crippen LogP contribution >= 0.6 is 22.9 Å². The lowest BCUT2D eigenvalue weighted by Crippen LogP contribution is -1.82. The molecule has 0 saturated heterocycles. The quantitative estimate of drug-likeness (QED) is 0.649. The molecule has 0 aliphatic carbocycles. The molecule has 3 aromatic rings. The van der Waals surface area contributed by atoms with E-state index in [1.807, 2.05) is 35.0 Å². The average Bonchev–Trinajstić information content (AvgIpc) is 2.82. The Labute approximate surface area is 95.0 Å². The summed E-state index contributed by atoms with van der Waals surface area (Å²) >= 11 is 7.40. The monoisotopic (exact) mass is 235 g/mol. The molecule has 0 spiro atoms. The van der Waals surface area contributed by atoms with Gasteiger partial charge in [-0.2, -0.15) is 0 Å². The highest BCUT2D eigenvalue weighted by atomic mass is 35.5. The number of hydrogen-bond acceptors (Lipinski definition) is 3. The van der Waals surface area contributed by atoms with Gasteiger partial charge in [0.05, 0.1) is 9.21 Å². The van der Waals surface area contributed by atoms with Crippen LogP contribution in [0, 0.1) is 0 Å². The first-order valence-electron chi connectivity index (χ1n) is 4.38. The van der Waals surface area contributed by atoms with Crippen LogP contribution in [0.3, 0.4) is 0 Å². The van der Waals surface area contributed by atoms with Crippen molar-refractivity contribution in [1.82, 2.24) is 14.4 Å². The van der Waals surface area contributed by atoms with Crippen molar-refractivity contribution in [2.75, 3.05) is 0 Å². The Hall–Kier alpha value is -1.39. The minimum Gasteiger partial charge on any atom is -0.290 e. The molecule has 3 heterocycles. The van der Waals surface area contributed by atoms with E-state index < -0.39 is 0 Å². The maximum absolute atomic E-state index is 5.88. The van der Waals surface area contributed by atoms with E-state index in [2.05, 4.69) is 9.97 Å². The van der Waals surface area contributed by atoms with Gasteiger partial charge in [0.15, 0.2) is 0 Å². The zero-order valence-electron chi connectivity index (χ0n) is 7.59. The van der Waals surface area contributed by atoms with E-state index >= 15 is 0 Å². The second kappa shape index (κ2) is 3.32. The molecule has 0 fully saturated rings. The minimum absolute atomic E-state index is 0.706. The maximum Gasteiger partial charge on any atom is 0.234 e. The predicted octanol–water partition coefficient (Wildman–Crippen LogP) is 3.11. The third-order valence-electron chi connectivity index (χ3n) is 2.06. The van der Waals surface area contributed by atoms with E-state index in [9.17, 15) is 0 Å². The van der Waals surface area contributed by atoms with Crippen LogP contribution in [-0.2, 0) is 0 Å². The molecule has 0 unspecified atom stereocenters. The molecule has 0 aromatic carbocycles. The van der Waals surface area contributed by atoms with Crippen LogP contribution < -0.4 is 0 Å². The van der Waals surface area contributed by atoms with Crippen molar-refractivity contribution >= 4 is 28.7 Å². The lowest BCUT2D eigenvalue weighted by atomic mass is 10.4. The number of imidazole rings is 1. The highest BCUT2D eigenvalue weighted by molar-refractivity contribution is 7.19. The first-order valence-corrected chi connectivity index (χ1v) is 5.58. The van der Waals surface area contributed by atoms with Crippen molar-refractivity contribution in [3.8, 4) is 10.6 Å². The zero-order valence-corrected chi connectivity index (χ0v) is 9.16. The van der Waals surface area contributed by atoms with E-state index in [0.29, 0.717) is 5.78 Å². The average molecular weight is 236 g/mol. The third kappa shape index (κ3) is 1.52. The topological polar surface area (TPSA) is 30.2 Å². The number of hydrogen-bond donors (Lipinski definition) is 0. The van der Waals surface area contributed by atoms with Crippen LogP contribution in [0.2, 0.25) is 4.34 Å². The SMILES string of the molecule is Clc1ccc(-c2cn3cccnc3n2)s1. The van der Waals surface area contributed by atoms with Gasteiger partial charge in [0.25, 0.3) is 0 Å². The number of aromatic nitrogens is 3. The molecule has 0 aliphatic heterocycles. The number of thiophene rings is 1. The summed E-state index contributed by atoms with van der Waals surface area (Å²) in [5, 5.41) is 0. The third-order valence-corrected chi connectivity index (χ3v) is 3.31. The Bertz CT molecular complexity index is 581. The fraction of sp³-hybridized carbons (Fsp3) is 0.